The minimum absolute atomic E-state index is 0.199. The number of thioether (sulfide) groups is 1. The first-order valence-corrected chi connectivity index (χ1v) is 6.60. The average molecular weight is 270 g/mol. The molecule has 0 aliphatic rings. The molecule has 6 heteroatoms. The smallest absolute Gasteiger partial charge is 0.436 e. The van der Waals surface area contributed by atoms with Gasteiger partial charge in [0.05, 0.1) is 0 Å². The quantitative estimate of drug-likeness (QED) is 0.474. The average Bonchev–Trinajstić information content (AvgIpc) is 2.22. The van der Waals surface area contributed by atoms with Gasteiger partial charge in [-0.2, -0.15) is 4.99 Å². The van der Waals surface area contributed by atoms with Gasteiger partial charge < -0.3 is 10.1 Å². The number of amides is 2. The first kappa shape index (κ1) is 16.5. The lowest BCUT2D eigenvalue weighted by molar-refractivity contribution is -0.119. The summed E-state index contributed by atoms with van der Waals surface area (Å²) in [6.45, 7) is 5.22. The number of hydrogen-bond acceptors (Lipinski definition) is 4. The van der Waals surface area contributed by atoms with Gasteiger partial charge in [-0.05, 0) is 27.0 Å². The van der Waals surface area contributed by atoms with Crippen LogP contribution in [0, 0.1) is 12.3 Å². The highest BCUT2D eigenvalue weighted by Gasteiger charge is 2.16. The highest BCUT2D eigenvalue weighted by atomic mass is 32.2. The maximum absolute atomic E-state index is 11.4. The molecule has 0 bridgehead atoms. The summed E-state index contributed by atoms with van der Waals surface area (Å²) in [6.07, 6.45) is 6.56. The second kappa shape index (κ2) is 7.77. The van der Waals surface area contributed by atoms with Gasteiger partial charge in [0.2, 0.25) is 5.91 Å². The molecule has 0 aromatic heterocycles. The monoisotopic (exact) mass is 270 g/mol. The van der Waals surface area contributed by atoms with Gasteiger partial charge in [0, 0.05) is 12.8 Å². The molecule has 0 spiro atoms. The first-order valence-electron chi connectivity index (χ1n) is 5.37. The first-order chi connectivity index (χ1) is 8.28. The number of carbonyl (C=O) groups excluding carboxylic acids is 2. The fourth-order valence-corrected chi connectivity index (χ4v) is 1.24. The van der Waals surface area contributed by atoms with Crippen molar-refractivity contribution in [2.45, 2.75) is 39.2 Å². The van der Waals surface area contributed by atoms with E-state index in [9.17, 15) is 9.59 Å². The maximum atomic E-state index is 11.4. The van der Waals surface area contributed by atoms with Crippen LogP contribution in [0.4, 0.5) is 4.79 Å². The number of carbonyl (C=O) groups is 2. The third-order valence-electron chi connectivity index (χ3n) is 1.52. The Labute approximate surface area is 112 Å². The second-order valence-corrected chi connectivity index (χ2v) is 5.15. The van der Waals surface area contributed by atoms with Gasteiger partial charge in [0.15, 0.2) is 5.17 Å². The SMILES string of the molecule is C#CCCC(=O)NC(=NC(=O)OC(C)(C)C)SC. The van der Waals surface area contributed by atoms with Crippen LogP contribution in [0.15, 0.2) is 4.99 Å². The molecule has 0 aromatic carbocycles. The van der Waals surface area contributed by atoms with Crippen LogP contribution in [0.2, 0.25) is 0 Å². The number of aliphatic imine (C=N–C) groups is 1. The molecule has 0 saturated heterocycles. The summed E-state index contributed by atoms with van der Waals surface area (Å²) in [4.78, 5) is 26.5. The maximum Gasteiger partial charge on any atom is 0.436 e. The second-order valence-electron chi connectivity index (χ2n) is 4.35. The van der Waals surface area contributed by atoms with E-state index < -0.39 is 11.7 Å². The number of nitrogens with one attached hydrogen (secondary N) is 1. The summed E-state index contributed by atoms with van der Waals surface area (Å²) in [5.74, 6) is 2.09. The van der Waals surface area contributed by atoms with Crippen molar-refractivity contribution >= 4 is 28.9 Å². The highest BCUT2D eigenvalue weighted by molar-refractivity contribution is 8.13. The summed E-state index contributed by atoms with van der Waals surface area (Å²) in [5.41, 5.74) is -0.614. The van der Waals surface area contributed by atoms with Gasteiger partial charge in [0.25, 0.3) is 0 Å². The topological polar surface area (TPSA) is 67.8 Å². The van der Waals surface area contributed by atoms with Crippen molar-refractivity contribution < 1.29 is 14.3 Å². The molecule has 0 saturated carbocycles. The summed E-state index contributed by atoms with van der Waals surface area (Å²) in [6, 6.07) is 0. The predicted molar refractivity (Wildman–Crippen MR) is 73.4 cm³/mol. The van der Waals surface area contributed by atoms with Crippen molar-refractivity contribution in [1.29, 1.82) is 0 Å². The van der Waals surface area contributed by atoms with E-state index in [-0.39, 0.29) is 17.5 Å². The number of terminal acetylenes is 1. The van der Waals surface area contributed by atoms with Crippen LogP contribution < -0.4 is 5.32 Å². The lowest BCUT2D eigenvalue weighted by atomic mass is 10.2. The van der Waals surface area contributed by atoms with Gasteiger partial charge in [-0.25, -0.2) is 4.79 Å². The summed E-state index contributed by atoms with van der Waals surface area (Å²) >= 11 is 1.15. The Balaban J connectivity index is 4.45. The lowest BCUT2D eigenvalue weighted by Gasteiger charge is -2.17. The minimum Gasteiger partial charge on any atom is -0.442 e. The van der Waals surface area contributed by atoms with Crippen LogP contribution >= 0.6 is 11.8 Å². The van der Waals surface area contributed by atoms with Gasteiger partial charge in [0.1, 0.15) is 5.60 Å². The van der Waals surface area contributed by atoms with Crippen molar-refractivity contribution in [1.82, 2.24) is 5.32 Å². The molecule has 1 N–H and O–H groups in total. The molecular formula is C12H18N2O3S. The molecule has 0 aliphatic carbocycles. The Morgan fingerprint density at radius 1 is 1.44 bits per heavy atom. The molecular weight excluding hydrogens is 252 g/mol. The normalized spacial score (nSPS) is 11.6. The molecule has 5 nitrogen and oxygen atoms in total. The molecule has 0 aromatic rings. The van der Waals surface area contributed by atoms with E-state index in [4.69, 9.17) is 11.2 Å². The number of amidine groups is 1. The number of rotatable bonds is 2. The summed E-state index contributed by atoms with van der Waals surface area (Å²) < 4.78 is 5.01. The van der Waals surface area contributed by atoms with Crippen LogP contribution in [0.5, 0.6) is 0 Å². The number of ether oxygens (including phenoxy) is 1. The zero-order chi connectivity index (χ0) is 14.2. The Bertz CT molecular complexity index is 378. The van der Waals surface area contributed by atoms with Gasteiger partial charge in [-0.3, -0.25) is 4.79 Å². The molecule has 0 fully saturated rings. The zero-order valence-corrected chi connectivity index (χ0v) is 11.9. The zero-order valence-electron chi connectivity index (χ0n) is 11.1. The molecule has 100 valence electrons. The van der Waals surface area contributed by atoms with Gasteiger partial charge >= 0.3 is 6.09 Å². The van der Waals surface area contributed by atoms with Crippen LogP contribution in [0.3, 0.4) is 0 Å². The van der Waals surface area contributed by atoms with Crippen molar-refractivity contribution in [2.75, 3.05) is 6.26 Å². The largest absolute Gasteiger partial charge is 0.442 e. The Hall–Kier alpha value is -1.48. The van der Waals surface area contributed by atoms with Crippen LogP contribution in [0.1, 0.15) is 33.6 Å². The lowest BCUT2D eigenvalue weighted by Crippen LogP contribution is -2.30. The minimum atomic E-state index is -0.732. The molecule has 0 heterocycles. The summed E-state index contributed by atoms with van der Waals surface area (Å²) in [5, 5.41) is 2.70. The van der Waals surface area contributed by atoms with E-state index in [0.29, 0.717) is 6.42 Å². The van der Waals surface area contributed by atoms with E-state index in [0.717, 1.165) is 11.8 Å². The van der Waals surface area contributed by atoms with Crippen LogP contribution in [0.25, 0.3) is 0 Å². The van der Waals surface area contributed by atoms with E-state index in [1.54, 1.807) is 27.0 Å². The van der Waals surface area contributed by atoms with Crippen molar-refractivity contribution in [3.05, 3.63) is 0 Å². The Morgan fingerprint density at radius 2 is 2.06 bits per heavy atom. The molecule has 0 radical (unpaired) electrons. The molecule has 0 unspecified atom stereocenters. The van der Waals surface area contributed by atoms with E-state index in [1.807, 2.05) is 0 Å². The number of hydrogen-bond donors (Lipinski definition) is 1. The molecule has 0 atom stereocenters. The van der Waals surface area contributed by atoms with E-state index >= 15 is 0 Å². The fraction of sp³-hybridized carbons (Fsp3) is 0.583. The van der Waals surface area contributed by atoms with E-state index in [2.05, 4.69) is 16.2 Å². The van der Waals surface area contributed by atoms with Crippen molar-refractivity contribution in [3.8, 4) is 12.3 Å². The molecule has 18 heavy (non-hydrogen) atoms. The van der Waals surface area contributed by atoms with Crippen molar-refractivity contribution in [3.63, 3.8) is 0 Å². The van der Waals surface area contributed by atoms with Crippen LogP contribution in [-0.2, 0) is 9.53 Å². The van der Waals surface area contributed by atoms with Gasteiger partial charge in [-0.1, -0.05) is 11.8 Å². The summed E-state index contributed by atoms with van der Waals surface area (Å²) in [7, 11) is 0. The molecule has 2 amide bonds. The molecule has 0 aliphatic heterocycles. The predicted octanol–water partition coefficient (Wildman–Crippen LogP) is 2.17. The third kappa shape index (κ3) is 8.65. The van der Waals surface area contributed by atoms with Gasteiger partial charge in [-0.15, -0.1) is 12.3 Å². The standard InChI is InChI=1S/C12H18N2O3S/c1-6-7-8-9(15)13-10(18-5)14-11(16)17-12(2,3)4/h1H,7-8H2,2-5H3,(H,13,14,15,16). The number of nitrogens with zero attached hydrogens (tertiary/aromatic N) is 1. The fourth-order valence-electron chi connectivity index (χ4n) is 0.860. The van der Waals surface area contributed by atoms with Crippen molar-refractivity contribution in [2.24, 2.45) is 4.99 Å². The highest BCUT2D eigenvalue weighted by Crippen LogP contribution is 2.09. The molecule has 0 rings (SSSR count). The van der Waals surface area contributed by atoms with E-state index in [1.165, 1.54) is 0 Å². The third-order valence-corrected chi connectivity index (χ3v) is 2.10. The van der Waals surface area contributed by atoms with Crippen LogP contribution in [-0.4, -0.2) is 29.0 Å². The Kier molecular flexibility index (Phi) is 7.13. The Morgan fingerprint density at radius 3 is 2.50 bits per heavy atom.